The maximum atomic E-state index is 5.98. The Labute approximate surface area is 147 Å². The van der Waals surface area contributed by atoms with Crippen molar-refractivity contribution in [2.24, 2.45) is 5.73 Å². The van der Waals surface area contributed by atoms with Gasteiger partial charge in [-0.1, -0.05) is 6.92 Å². The minimum Gasteiger partial charge on any atom is -0.493 e. The van der Waals surface area contributed by atoms with Crippen LogP contribution in [0.2, 0.25) is 0 Å². The first-order chi connectivity index (χ1) is 12.3. The van der Waals surface area contributed by atoms with Crippen molar-refractivity contribution in [3.05, 3.63) is 36.5 Å². The lowest BCUT2D eigenvalue weighted by molar-refractivity contribution is 0.119. The Balaban J connectivity index is 1.68. The Bertz CT molecular complexity index is 796. The van der Waals surface area contributed by atoms with Gasteiger partial charge in [-0.3, -0.25) is 5.10 Å². The number of imidazole rings is 1. The van der Waals surface area contributed by atoms with Crippen molar-refractivity contribution in [1.29, 1.82) is 0 Å². The van der Waals surface area contributed by atoms with Crippen LogP contribution in [0.5, 0.6) is 5.75 Å². The molecule has 0 bridgehead atoms. The molecule has 134 valence electrons. The molecular formula is C18H25N5O2. The summed E-state index contributed by atoms with van der Waals surface area (Å²) in [7, 11) is 0. The fourth-order valence-corrected chi connectivity index (χ4v) is 2.59. The third-order valence-electron chi connectivity index (χ3n) is 3.99. The van der Waals surface area contributed by atoms with Crippen molar-refractivity contribution in [2.45, 2.75) is 26.2 Å². The topological polar surface area (TPSA) is 91.0 Å². The van der Waals surface area contributed by atoms with E-state index in [9.17, 15) is 0 Å². The number of rotatable bonds is 10. The van der Waals surface area contributed by atoms with Gasteiger partial charge >= 0.3 is 0 Å². The number of H-pyrrole nitrogens is 1. The molecule has 25 heavy (non-hydrogen) atoms. The molecule has 3 N–H and O–H groups in total. The molecule has 7 nitrogen and oxygen atoms in total. The van der Waals surface area contributed by atoms with Gasteiger partial charge in [-0.15, -0.1) is 0 Å². The molecule has 2 heterocycles. The van der Waals surface area contributed by atoms with E-state index in [0.29, 0.717) is 26.4 Å². The van der Waals surface area contributed by atoms with Crippen LogP contribution in [0.25, 0.3) is 16.6 Å². The molecule has 7 heteroatoms. The molecule has 0 aliphatic rings. The summed E-state index contributed by atoms with van der Waals surface area (Å²) in [5.74, 6) is 0.815. The smallest absolute Gasteiger partial charge is 0.132 e. The third kappa shape index (κ3) is 4.37. The van der Waals surface area contributed by atoms with Crippen LogP contribution in [0.3, 0.4) is 0 Å². The van der Waals surface area contributed by atoms with E-state index in [4.69, 9.17) is 15.2 Å². The second-order valence-electron chi connectivity index (χ2n) is 5.86. The second-order valence-corrected chi connectivity index (χ2v) is 5.86. The standard InChI is InChI=1S/C18H25N5O2/c1-2-14-12-23(13-20-14)15-9-17-16(11-21-22-17)18(10-15)25-8-4-7-24-6-3-5-19/h9-13H,2-8,19H2,1H3,(H,21,22). The van der Waals surface area contributed by atoms with Crippen molar-refractivity contribution in [3.63, 3.8) is 0 Å². The molecule has 0 saturated carbocycles. The Morgan fingerprint density at radius 1 is 1.20 bits per heavy atom. The van der Waals surface area contributed by atoms with Crippen molar-refractivity contribution in [2.75, 3.05) is 26.4 Å². The number of hydrogen-bond acceptors (Lipinski definition) is 5. The zero-order valence-electron chi connectivity index (χ0n) is 14.6. The maximum absolute atomic E-state index is 5.98. The van der Waals surface area contributed by atoms with Crippen LogP contribution in [0.4, 0.5) is 0 Å². The highest BCUT2D eigenvalue weighted by Gasteiger charge is 2.09. The van der Waals surface area contributed by atoms with Crippen molar-refractivity contribution in [1.82, 2.24) is 19.7 Å². The SMILES string of the molecule is CCc1cn(-c2cc(OCCCOCCCN)c3cn[nH]c3c2)cn1. The van der Waals surface area contributed by atoms with E-state index >= 15 is 0 Å². The zero-order valence-corrected chi connectivity index (χ0v) is 14.6. The van der Waals surface area contributed by atoms with Crippen LogP contribution >= 0.6 is 0 Å². The summed E-state index contributed by atoms with van der Waals surface area (Å²) in [5.41, 5.74) is 8.44. The largest absolute Gasteiger partial charge is 0.493 e. The molecule has 0 aliphatic carbocycles. The van der Waals surface area contributed by atoms with Gasteiger partial charge in [0, 0.05) is 31.9 Å². The highest BCUT2D eigenvalue weighted by molar-refractivity contribution is 5.86. The van der Waals surface area contributed by atoms with Crippen LogP contribution < -0.4 is 10.5 Å². The number of nitrogens with zero attached hydrogens (tertiary/aromatic N) is 3. The maximum Gasteiger partial charge on any atom is 0.132 e. The van der Waals surface area contributed by atoms with Gasteiger partial charge in [0.1, 0.15) is 5.75 Å². The lowest BCUT2D eigenvalue weighted by Gasteiger charge is -2.10. The minimum absolute atomic E-state index is 0.594. The van der Waals surface area contributed by atoms with Gasteiger partial charge in [-0.05, 0) is 25.5 Å². The molecule has 0 fully saturated rings. The highest BCUT2D eigenvalue weighted by atomic mass is 16.5. The average Bonchev–Trinajstić information content (AvgIpc) is 3.29. The van der Waals surface area contributed by atoms with Crippen LogP contribution in [-0.2, 0) is 11.2 Å². The van der Waals surface area contributed by atoms with E-state index in [0.717, 1.165) is 47.3 Å². The molecule has 1 aromatic carbocycles. The summed E-state index contributed by atoms with van der Waals surface area (Å²) in [4.78, 5) is 4.39. The van der Waals surface area contributed by atoms with E-state index in [1.54, 1.807) is 6.20 Å². The molecule has 2 aromatic heterocycles. The number of hydrogen-bond donors (Lipinski definition) is 2. The average molecular weight is 343 g/mol. The molecule has 0 radical (unpaired) electrons. The van der Waals surface area contributed by atoms with Crippen LogP contribution in [0.15, 0.2) is 30.9 Å². The molecular weight excluding hydrogens is 318 g/mol. The van der Waals surface area contributed by atoms with Crippen LogP contribution in [0, 0.1) is 0 Å². The third-order valence-corrected chi connectivity index (χ3v) is 3.99. The van der Waals surface area contributed by atoms with Gasteiger partial charge in [0.25, 0.3) is 0 Å². The fraction of sp³-hybridized carbons (Fsp3) is 0.444. The molecule has 0 unspecified atom stereocenters. The lowest BCUT2D eigenvalue weighted by Crippen LogP contribution is -2.07. The summed E-state index contributed by atoms with van der Waals surface area (Å²) >= 11 is 0. The quantitative estimate of drug-likeness (QED) is 0.552. The predicted molar refractivity (Wildman–Crippen MR) is 97.2 cm³/mol. The van der Waals surface area contributed by atoms with Gasteiger partial charge in [0.2, 0.25) is 0 Å². The Kier molecular flexibility index (Phi) is 6.03. The number of fused-ring (bicyclic) bond motifs is 1. The van der Waals surface area contributed by atoms with Gasteiger partial charge in [0.05, 0.1) is 41.4 Å². The number of aromatic amines is 1. The molecule has 0 aliphatic heterocycles. The second kappa shape index (κ2) is 8.64. The molecule has 0 amide bonds. The Hall–Kier alpha value is -2.38. The summed E-state index contributed by atoms with van der Waals surface area (Å²) < 4.78 is 13.5. The van der Waals surface area contributed by atoms with Crippen LogP contribution in [-0.4, -0.2) is 46.1 Å². The predicted octanol–water partition coefficient (Wildman–Crippen LogP) is 2.45. The van der Waals surface area contributed by atoms with E-state index in [-0.39, 0.29) is 0 Å². The van der Waals surface area contributed by atoms with E-state index in [1.807, 2.05) is 29.2 Å². The van der Waals surface area contributed by atoms with Crippen molar-refractivity contribution < 1.29 is 9.47 Å². The first-order valence-corrected chi connectivity index (χ1v) is 8.72. The van der Waals surface area contributed by atoms with Crippen LogP contribution in [0.1, 0.15) is 25.5 Å². The Morgan fingerprint density at radius 3 is 2.88 bits per heavy atom. The number of benzene rings is 1. The number of ether oxygens (including phenoxy) is 2. The van der Waals surface area contributed by atoms with Gasteiger partial charge in [-0.2, -0.15) is 5.10 Å². The zero-order chi connectivity index (χ0) is 17.5. The lowest BCUT2D eigenvalue weighted by atomic mass is 10.2. The van der Waals surface area contributed by atoms with E-state index in [1.165, 1.54) is 0 Å². The minimum atomic E-state index is 0.594. The van der Waals surface area contributed by atoms with Gasteiger partial charge in [0.15, 0.2) is 0 Å². The molecule has 3 rings (SSSR count). The van der Waals surface area contributed by atoms with E-state index < -0.39 is 0 Å². The highest BCUT2D eigenvalue weighted by Crippen LogP contribution is 2.28. The van der Waals surface area contributed by atoms with Crippen molar-refractivity contribution in [3.8, 4) is 11.4 Å². The normalized spacial score (nSPS) is 11.3. The molecule has 0 saturated heterocycles. The molecule has 3 aromatic rings. The number of nitrogens with two attached hydrogens (primary N) is 1. The number of aryl methyl sites for hydroxylation is 1. The molecule has 0 atom stereocenters. The number of aromatic nitrogens is 4. The van der Waals surface area contributed by atoms with E-state index in [2.05, 4.69) is 22.1 Å². The first-order valence-electron chi connectivity index (χ1n) is 8.72. The summed E-state index contributed by atoms with van der Waals surface area (Å²) in [5, 5.41) is 8.12. The van der Waals surface area contributed by atoms with Gasteiger partial charge < -0.3 is 19.8 Å². The Morgan fingerprint density at radius 2 is 2.08 bits per heavy atom. The first kappa shape index (κ1) is 17.4. The van der Waals surface area contributed by atoms with Crippen molar-refractivity contribution >= 4 is 10.9 Å². The number of nitrogens with one attached hydrogen (secondary N) is 1. The van der Waals surface area contributed by atoms with Gasteiger partial charge in [-0.25, -0.2) is 4.98 Å². The fourth-order valence-electron chi connectivity index (χ4n) is 2.59. The molecule has 0 spiro atoms. The monoisotopic (exact) mass is 343 g/mol. The summed E-state index contributed by atoms with van der Waals surface area (Å²) in [6.45, 7) is 4.73. The summed E-state index contributed by atoms with van der Waals surface area (Å²) in [6.07, 6.45) is 8.28. The summed E-state index contributed by atoms with van der Waals surface area (Å²) in [6, 6.07) is 4.07.